The van der Waals surface area contributed by atoms with Crippen LogP contribution in [0, 0.1) is 0 Å². The average molecular weight is 382 g/mol. The first-order valence-electron chi connectivity index (χ1n) is 8.57. The van der Waals surface area contributed by atoms with E-state index in [0.29, 0.717) is 13.0 Å². The molecule has 0 unspecified atom stereocenters. The van der Waals surface area contributed by atoms with E-state index in [4.69, 9.17) is 4.74 Å². The van der Waals surface area contributed by atoms with Crippen LogP contribution in [0.5, 0.6) is 5.75 Å². The number of hydrogen-bond donors (Lipinski definition) is 2. The lowest BCUT2D eigenvalue weighted by Crippen LogP contribution is -2.48. The number of carboxylic acid groups (broad SMARTS) is 1. The Kier molecular flexibility index (Phi) is 5.19. The predicted octanol–water partition coefficient (Wildman–Crippen LogP) is 1.22. The van der Waals surface area contributed by atoms with Crippen molar-refractivity contribution in [2.45, 2.75) is 49.1 Å². The maximum atomic E-state index is 12.8. The maximum Gasteiger partial charge on any atom is 0.326 e. The van der Waals surface area contributed by atoms with Gasteiger partial charge in [-0.05, 0) is 50.3 Å². The molecule has 1 atom stereocenters. The summed E-state index contributed by atoms with van der Waals surface area (Å²) >= 11 is 0. The van der Waals surface area contributed by atoms with Gasteiger partial charge >= 0.3 is 5.97 Å². The molecule has 1 aliphatic carbocycles. The van der Waals surface area contributed by atoms with E-state index < -0.39 is 27.9 Å². The Morgan fingerprint density at radius 3 is 2.58 bits per heavy atom. The number of carbonyl (C=O) groups is 2. The number of hydrogen-bond acceptors (Lipinski definition) is 5. The second-order valence-corrected chi connectivity index (χ2v) is 8.29. The molecule has 26 heavy (non-hydrogen) atoms. The molecule has 1 aromatic carbocycles. The van der Waals surface area contributed by atoms with Crippen LogP contribution >= 0.6 is 0 Å². The van der Waals surface area contributed by atoms with Gasteiger partial charge in [-0.1, -0.05) is 0 Å². The van der Waals surface area contributed by atoms with Crippen LogP contribution in [0.15, 0.2) is 23.1 Å². The van der Waals surface area contributed by atoms with E-state index in [2.05, 4.69) is 4.72 Å². The number of piperidine rings is 1. The molecule has 0 aromatic heterocycles. The molecule has 2 N–H and O–H groups in total. The van der Waals surface area contributed by atoms with Crippen molar-refractivity contribution in [3.8, 4) is 5.75 Å². The van der Waals surface area contributed by atoms with Gasteiger partial charge in [-0.25, -0.2) is 17.9 Å². The quantitative estimate of drug-likeness (QED) is 0.765. The Labute approximate surface area is 152 Å². The zero-order valence-corrected chi connectivity index (χ0v) is 15.3. The summed E-state index contributed by atoms with van der Waals surface area (Å²) in [5.41, 5.74) is 0.134. The average Bonchev–Trinajstić information content (AvgIpc) is 3.43. The van der Waals surface area contributed by atoms with Crippen molar-refractivity contribution in [1.29, 1.82) is 0 Å². The molecule has 142 valence electrons. The third-order valence-corrected chi connectivity index (χ3v) is 6.19. The van der Waals surface area contributed by atoms with E-state index in [1.807, 2.05) is 0 Å². The summed E-state index contributed by atoms with van der Waals surface area (Å²) in [4.78, 5) is 25.5. The number of sulfonamides is 1. The number of aliphatic carboxylic acids is 1. The number of rotatable bonds is 6. The molecule has 3 rings (SSSR count). The van der Waals surface area contributed by atoms with Crippen LogP contribution in [-0.2, 0) is 14.8 Å². The van der Waals surface area contributed by atoms with E-state index in [-0.39, 0.29) is 22.3 Å². The second-order valence-electron chi connectivity index (χ2n) is 6.61. The molecule has 1 saturated heterocycles. The summed E-state index contributed by atoms with van der Waals surface area (Å²) < 4.78 is 32.9. The number of carboxylic acids is 1. The Hall–Kier alpha value is -2.13. The lowest BCUT2D eigenvalue weighted by Gasteiger charge is -2.33. The molecule has 2 aliphatic rings. The van der Waals surface area contributed by atoms with Crippen molar-refractivity contribution in [2.24, 2.45) is 0 Å². The van der Waals surface area contributed by atoms with Crippen molar-refractivity contribution in [3.63, 3.8) is 0 Å². The van der Waals surface area contributed by atoms with Gasteiger partial charge in [0, 0.05) is 18.2 Å². The van der Waals surface area contributed by atoms with E-state index >= 15 is 0 Å². The summed E-state index contributed by atoms with van der Waals surface area (Å²) in [6.45, 7) is 0.338. The van der Waals surface area contributed by atoms with Gasteiger partial charge in [0.1, 0.15) is 16.7 Å². The topological polar surface area (TPSA) is 113 Å². The Bertz CT molecular complexity index is 819. The van der Waals surface area contributed by atoms with Crippen LogP contribution in [0.2, 0.25) is 0 Å². The van der Waals surface area contributed by atoms with Gasteiger partial charge in [-0.3, -0.25) is 4.79 Å². The molecule has 1 heterocycles. The number of methoxy groups -OCH3 is 1. The molecule has 1 amide bonds. The fourth-order valence-electron chi connectivity index (χ4n) is 3.10. The summed E-state index contributed by atoms with van der Waals surface area (Å²) in [6, 6.07) is 3.18. The minimum Gasteiger partial charge on any atom is -0.495 e. The lowest BCUT2D eigenvalue weighted by molar-refractivity contribution is -0.143. The molecule has 9 heteroatoms. The zero-order valence-electron chi connectivity index (χ0n) is 14.5. The fourth-order valence-corrected chi connectivity index (χ4v) is 4.60. The third kappa shape index (κ3) is 3.83. The minimum absolute atomic E-state index is 0.0810. The molecule has 1 saturated carbocycles. The van der Waals surface area contributed by atoms with Gasteiger partial charge in [0.2, 0.25) is 10.0 Å². The normalized spacial score (nSPS) is 20.7. The monoisotopic (exact) mass is 382 g/mol. The van der Waals surface area contributed by atoms with Crippen molar-refractivity contribution in [2.75, 3.05) is 13.7 Å². The molecule has 0 radical (unpaired) electrons. The van der Waals surface area contributed by atoms with Gasteiger partial charge in [0.05, 0.1) is 7.11 Å². The van der Waals surface area contributed by atoms with Gasteiger partial charge in [-0.2, -0.15) is 0 Å². The zero-order chi connectivity index (χ0) is 18.9. The largest absolute Gasteiger partial charge is 0.495 e. The number of amides is 1. The van der Waals surface area contributed by atoms with Crippen LogP contribution in [0.4, 0.5) is 0 Å². The Morgan fingerprint density at radius 2 is 1.96 bits per heavy atom. The van der Waals surface area contributed by atoms with Gasteiger partial charge in [-0.15, -0.1) is 0 Å². The highest BCUT2D eigenvalue weighted by molar-refractivity contribution is 7.89. The molecular formula is C17H22N2O6S. The first kappa shape index (κ1) is 18.7. The van der Waals surface area contributed by atoms with Crippen molar-refractivity contribution in [3.05, 3.63) is 23.8 Å². The summed E-state index contributed by atoms with van der Waals surface area (Å²) in [5.74, 6) is -1.39. The molecule has 0 bridgehead atoms. The van der Waals surface area contributed by atoms with Crippen molar-refractivity contribution < 1.29 is 27.9 Å². The highest BCUT2D eigenvalue weighted by Gasteiger charge is 2.34. The number of carbonyl (C=O) groups excluding carboxylic acids is 1. The summed E-state index contributed by atoms with van der Waals surface area (Å²) in [5, 5.41) is 9.36. The Balaban J connectivity index is 1.93. The first-order valence-corrected chi connectivity index (χ1v) is 10.1. The van der Waals surface area contributed by atoms with Gasteiger partial charge in [0.25, 0.3) is 5.91 Å². The number of ether oxygens (including phenoxy) is 1. The predicted molar refractivity (Wildman–Crippen MR) is 92.6 cm³/mol. The van der Waals surface area contributed by atoms with Gasteiger partial charge < -0.3 is 14.7 Å². The molecule has 1 aliphatic heterocycles. The highest BCUT2D eigenvalue weighted by Crippen LogP contribution is 2.29. The maximum absolute atomic E-state index is 12.8. The second kappa shape index (κ2) is 7.24. The minimum atomic E-state index is -3.82. The smallest absolute Gasteiger partial charge is 0.326 e. The molecule has 0 spiro atoms. The molecule has 1 aromatic rings. The highest BCUT2D eigenvalue weighted by atomic mass is 32.2. The van der Waals surface area contributed by atoms with Crippen molar-refractivity contribution >= 4 is 21.9 Å². The van der Waals surface area contributed by atoms with Crippen LogP contribution in [0.3, 0.4) is 0 Å². The summed E-state index contributed by atoms with van der Waals surface area (Å²) in [6.07, 6.45) is 3.43. The number of benzene rings is 1. The van der Waals surface area contributed by atoms with E-state index in [1.165, 1.54) is 30.2 Å². The van der Waals surface area contributed by atoms with Crippen LogP contribution in [-0.4, -0.2) is 56.0 Å². The van der Waals surface area contributed by atoms with E-state index in [1.54, 1.807) is 0 Å². The third-order valence-electron chi connectivity index (χ3n) is 4.65. The Morgan fingerprint density at radius 1 is 1.23 bits per heavy atom. The van der Waals surface area contributed by atoms with Gasteiger partial charge in [0.15, 0.2) is 0 Å². The SMILES string of the molecule is COc1ccc(C(=O)N2CCCC[C@@H]2C(=O)O)cc1S(=O)(=O)NC1CC1. The van der Waals surface area contributed by atoms with Crippen LogP contribution < -0.4 is 9.46 Å². The number of nitrogens with one attached hydrogen (secondary N) is 1. The van der Waals surface area contributed by atoms with Crippen molar-refractivity contribution in [1.82, 2.24) is 9.62 Å². The number of nitrogens with zero attached hydrogens (tertiary/aromatic N) is 1. The molecule has 8 nitrogen and oxygen atoms in total. The standard InChI is InChI=1S/C17H22N2O6S/c1-25-14-8-5-11(10-15(14)26(23,24)18-12-6-7-12)16(20)19-9-3-2-4-13(19)17(21)22/h5,8,10,12-13,18H,2-4,6-7,9H2,1H3,(H,21,22)/t13-/m1/s1. The number of likely N-dealkylation sites (tertiary alicyclic amines) is 1. The van der Waals surface area contributed by atoms with Crippen LogP contribution in [0.1, 0.15) is 42.5 Å². The van der Waals surface area contributed by atoms with E-state index in [9.17, 15) is 23.1 Å². The summed E-state index contributed by atoms with van der Waals surface area (Å²) in [7, 11) is -2.46. The first-order chi connectivity index (χ1) is 12.3. The fraction of sp³-hybridized carbons (Fsp3) is 0.529. The van der Waals surface area contributed by atoms with E-state index in [0.717, 1.165) is 25.7 Å². The lowest BCUT2D eigenvalue weighted by atomic mass is 10.0. The van der Waals surface area contributed by atoms with Crippen LogP contribution in [0.25, 0.3) is 0 Å². The molecule has 2 fully saturated rings. The molecular weight excluding hydrogens is 360 g/mol.